The van der Waals surface area contributed by atoms with Crippen LogP contribution in [0.4, 0.5) is 21.9 Å². The first kappa shape index (κ1) is 18.5. The second kappa shape index (κ2) is 7.53. The zero-order chi connectivity index (χ0) is 19.4. The number of nitrogen functional groups attached to an aromatic ring is 1. The lowest BCUT2D eigenvalue weighted by atomic mass is 10.1. The lowest BCUT2D eigenvalue weighted by Gasteiger charge is -2.20. The molecule has 0 aliphatic carbocycles. The van der Waals surface area contributed by atoms with Crippen LogP contribution in [0.2, 0.25) is 0 Å². The number of anilines is 3. The van der Waals surface area contributed by atoms with Crippen LogP contribution in [0, 0.1) is 0 Å². The fourth-order valence-corrected chi connectivity index (χ4v) is 2.73. The molecule has 0 bridgehead atoms. The van der Waals surface area contributed by atoms with E-state index in [0.29, 0.717) is 17.9 Å². The molecule has 140 valence electrons. The number of nitrogens with zero attached hydrogens (tertiary/aromatic N) is 1. The fourth-order valence-electron chi connectivity index (χ4n) is 2.73. The molecule has 1 amide bonds. The van der Waals surface area contributed by atoms with Crippen molar-refractivity contribution in [1.29, 1.82) is 0 Å². The van der Waals surface area contributed by atoms with Gasteiger partial charge in [0.15, 0.2) is 0 Å². The van der Waals surface area contributed by atoms with Crippen LogP contribution in [0.5, 0.6) is 0 Å². The summed E-state index contributed by atoms with van der Waals surface area (Å²) in [5.74, 6) is 0. The summed E-state index contributed by atoms with van der Waals surface area (Å²) < 4.78 is 5.29. The predicted octanol–water partition coefficient (Wildman–Crippen LogP) is 4.78. The summed E-state index contributed by atoms with van der Waals surface area (Å²) in [4.78, 5) is 16.3. The molecule has 3 aromatic rings. The lowest BCUT2D eigenvalue weighted by molar-refractivity contribution is 0.0636. The van der Waals surface area contributed by atoms with E-state index in [0.717, 1.165) is 22.2 Å². The summed E-state index contributed by atoms with van der Waals surface area (Å²) in [5, 5.41) is 7.11. The second-order valence-corrected chi connectivity index (χ2v) is 7.29. The number of pyridine rings is 1. The molecule has 4 N–H and O–H groups in total. The molecule has 1 aromatic heterocycles. The summed E-state index contributed by atoms with van der Waals surface area (Å²) in [7, 11) is 0. The highest BCUT2D eigenvalue weighted by Crippen LogP contribution is 2.28. The van der Waals surface area contributed by atoms with Crippen molar-refractivity contribution in [3.63, 3.8) is 0 Å². The minimum atomic E-state index is -0.539. The summed E-state index contributed by atoms with van der Waals surface area (Å²) in [5.41, 5.74) is 9.58. The summed E-state index contributed by atoms with van der Waals surface area (Å²) in [6.45, 7) is 6.05. The van der Waals surface area contributed by atoms with E-state index >= 15 is 0 Å². The smallest absolute Gasteiger partial charge is 0.412 e. The van der Waals surface area contributed by atoms with E-state index in [1.807, 2.05) is 69.3 Å². The van der Waals surface area contributed by atoms with Crippen LogP contribution >= 0.6 is 0 Å². The average molecular weight is 364 g/mol. The van der Waals surface area contributed by atoms with Gasteiger partial charge in [-0.1, -0.05) is 30.3 Å². The van der Waals surface area contributed by atoms with Crippen LogP contribution in [0.1, 0.15) is 26.3 Å². The number of para-hydroxylation sites is 1. The third-order valence-corrected chi connectivity index (χ3v) is 3.85. The number of hydrogen-bond donors (Lipinski definition) is 3. The van der Waals surface area contributed by atoms with Crippen LogP contribution in [-0.4, -0.2) is 16.7 Å². The number of carbonyl (C=O) groups excluding carboxylic acids is 1. The molecule has 0 unspecified atom stereocenters. The van der Waals surface area contributed by atoms with E-state index in [2.05, 4.69) is 15.6 Å². The molecule has 0 aliphatic rings. The van der Waals surface area contributed by atoms with Crippen molar-refractivity contribution in [2.24, 2.45) is 0 Å². The van der Waals surface area contributed by atoms with Crippen molar-refractivity contribution in [2.75, 3.05) is 16.4 Å². The molecule has 27 heavy (non-hydrogen) atoms. The van der Waals surface area contributed by atoms with Crippen LogP contribution in [0.15, 0.2) is 54.7 Å². The lowest BCUT2D eigenvalue weighted by Crippen LogP contribution is -2.27. The molecule has 3 rings (SSSR count). The first-order chi connectivity index (χ1) is 12.8. The molecule has 0 fully saturated rings. The van der Waals surface area contributed by atoms with Gasteiger partial charge in [0, 0.05) is 17.6 Å². The van der Waals surface area contributed by atoms with Gasteiger partial charge in [0.25, 0.3) is 0 Å². The largest absolute Gasteiger partial charge is 0.444 e. The van der Waals surface area contributed by atoms with Crippen LogP contribution < -0.4 is 16.4 Å². The molecule has 0 spiro atoms. The highest BCUT2D eigenvalue weighted by molar-refractivity contribution is 5.96. The fraction of sp³-hybridized carbons (Fsp3) is 0.238. The van der Waals surface area contributed by atoms with Gasteiger partial charge in [-0.05, 0) is 44.5 Å². The van der Waals surface area contributed by atoms with Crippen molar-refractivity contribution in [3.8, 4) is 0 Å². The van der Waals surface area contributed by atoms with Crippen molar-refractivity contribution >= 4 is 34.1 Å². The van der Waals surface area contributed by atoms with E-state index < -0.39 is 11.7 Å². The number of fused-ring (bicyclic) bond motifs is 1. The molecule has 0 saturated carbocycles. The molecule has 0 aliphatic heterocycles. The van der Waals surface area contributed by atoms with Gasteiger partial charge in [-0.25, -0.2) is 4.79 Å². The third-order valence-electron chi connectivity index (χ3n) is 3.85. The molecule has 0 radical (unpaired) electrons. The Labute approximate surface area is 158 Å². The molecule has 1 heterocycles. The SMILES string of the molecule is CC(C)(C)OC(=O)Nc1cccc(CNc2c(N)cnc3ccccc23)c1. The van der Waals surface area contributed by atoms with Crippen molar-refractivity contribution in [1.82, 2.24) is 4.98 Å². The van der Waals surface area contributed by atoms with Crippen molar-refractivity contribution < 1.29 is 9.53 Å². The molecule has 2 aromatic carbocycles. The summed E-state index contributed by atoms with van der Waals surface area (Å²) >= 11 is 0. The number of aromatic nitrogens is 1. The number of carbonyl (C=O) groups is 1. The number of nitrogens with one attached hydrogen (secondary N) is 2. The summed E-state index contributed by atoms with van der Waals surface area (Å²) in [6.07, 6.45) is 1.18. The monoisotopic (exact) mass is 364 g/mol. The Balaban J connectivity index is 1.73. The number of nitrogens with two attached hydrogens (primary N) is 1. The van der Waals surface area contributed by atoms with Gasteiger partial charge in [-0.2, -0.15) is 0 Å². The maximum atomic E-state index is 11.9. The van der Waals surface area contributed by atoms with E-state index in [4.69, 9.17) is 10.5 Å². The highest BCUT2D eigenvalue weighted by Gasteiger charge is 2.16. The molecular weight excluding hydrogens is 340 g/mol. The van der Waals surface area contributed by atoms with E-state index in [-0.39, 0.29) is 0 Å². The van der Waals surface area contributed by atoms with Gasteiger partial charge in [-0.3, -0.25) is 10.3 Å². The quantitative estimate of drug-likeness (QED) is 0.620. The molecular formula is C21H24N4O2. The van der Waals surface area contributed by atoms with Gasteiger partial charge >= 0.3 is 6.09 Å². The molecule has 6 heteroatoms. The maximum Gasteiger partial charge on any atom is 0.412 e. The van der Waals surface area contributed by atoms with Gasteiger partial charge < -0.3 is 15.8 Å². The van der Waals surface area contributed by atoms with E-state index in [1.165, 1.54) is 0 Å². The Morgan fingerprint density at radius 1 is 1.15 bits per heavy atom. The number of benzene rings is 2. The topological polar surface area (TPSA) is 89.3 Å². The number of hydrogen-bond acceptors (Lipinski definition) is 5. The Kier molecular flexibility index (Phi) is 5.16. The zero-order valence-electron chi connectivity index (χ0n) is 15.7. The van der Waals surface area contributed by atoms with Crippen LogP contribution in [0.3, 0.4) is 0 Å². The standard InChI is InChI=1S/C21H24N4O2/c1-21(2,3)27-20(26)25-15-8-6-7-14(11-15)12-24-19-16-9-4-5-10-18(16)23-13-17(19)22/h4-11,13H,12,22H2,1-3H3,(H,23,24)(H,25,26). The van der Waals surface area contributed by atoms with Crippen molar-refractivity contribution in [3.05, 3.63) is 60.3 Å². The molecule has 6 nitrogen and oxygen atoms in total. The molecule has 0 saturated heterocycles. The number of rotatable bonds is 4. The van der Waals surface area contributed by atoms with Gasteiger partial charge in [0.1, 0.15) is 5.60 Å². The van der Waals surface area contributed by atoms with Crippen LogP contribution in [-0.2, 0) is 11.3 Å². The minimum absolute atomic E-state index is 0.475. The summed E-state index contributed by atoms with van der Waals surface area (Å²) in [6, 6.07) is 15.4. The van der Waals surface area contributed by atoms with E-state index in [1.54, 1.807) is 6.20 Å². The Morgan fingerprint density at radius 3 is 2.70 bits per heavy atom. The Morgan fingerprint density at radius 2 is 1.93 bits per heavy atom. The first-order valence-corrected chi connectivity index (χ1v) is 8.78. The van der Waals surface area contributed by atoms with Gasteiger partial charge in [0.2, 0.25) is 0 Å². The van der Waals surface area contributed by atoms with Gasteiger partial charge in [-0.15, -0.1) is 0 Å². The van der Waals surface area contributed by atoms with Crippen LogP contribution in [0.25, 0.3) is 10.9 Å². The molecule has 0 atom stereocenters. The highest BCUT2D eigenvalue weighted by atomic mass is 16.6. The minimum Gasteiger partial charge on any atom is -0.444 e. The zero-order valence-corrected chi connectivity index (χ0v) is 15.7. The van der Waals surface area contributed by atoms with Gasteiger partial charge in [0.05, 0.1) is 23.1 Å². The average Bonchev–Trinajstić information content (AvgIpc) is 2.59. The third kappa shape index (κ3) is 4.88. The normalized spacial score (nSPS) is 11.2. The Hall–Kier alpha value is -3.28. The second-order valence-electron chi connectivity index (χ2n) is 7.29. The van der Waals surface area contributed by atoms with E-state index in [9.17, 15) is 4.79 Å². The predicted molar refractivity (Wildman–Crippen MR) is 110 cm³/mol. The number of ether oxygens (including phenoxy) is 1. The first-order valence-electron chi connectivity index (χ1n) is 8.78. The Bertz CT molecular complexity index is 964. The maximum absolute atomic E-state index is 11.9. The number of amides is 1. The van der Waals surface area contributed by atoms with Crippen molar-refractivity contribution in [2.45, 2.75) is 32.9 Å².